The van der Waals surface area contributed by atoms with Gasteiger partial charge in [0, 0.05) is 12.8 Å². The SMILES string of the molecule is CCCC(C)CC(C)CC(=O)CC(C)C(=O)O. The molecule has 0 spiro atoms. The Morgan fingerprint density at radius 1 is 1.06 bits per heavy atom. The van der Waals surface area contributed by atoms with Crippen molar-refractivity contribution in [3.05, 3.63) is 0 Å². The lowest BCUT2D eigenvalue weighted by Gasteiger charge is -2.16. The largest absolute Gasteiger partial charge is 0.481 e. The van der Waals surface area contributed by atoms with Crippen molar-refractivity contribution in [2.75, 3.05) is 0 Å². The number of carboxylic acids is 1. The first kappa shape index (κ1) is 16.1. The Morgan fingerprint density at radius 2 is 1.65 bits per heavy atom. The van der Waals surface area contributed by atoms with Crippen LogP contribution in [-0.2, 0) is 9.59 Å². The van der Waals surface area contributed by atoms with Crippen LogP contribution < -0.4 is 0 Å². The summed E-state index contributed by atoms with van der Waals surface area (Å²) in [5.41, 5.74) is 0. The molecule has 0 aliphatic heterocycles. The maximum atomic E-state index is 11.6. The van der Waals surface area contributed by atoms with E-state index >= 15 is 0 Å². The van der Waals surface area contributed by atoms with E-state index in [0.717, 1.165) is 6.42 Å². The number of carbonyl (C=O) groups is 2. The van der Waals surface area contributed by atoms with E-state index in [9.17, 15) is 9.59 Å². The molecule has 0 saturated carbocycles. The first-order chi connectivity index (χ1) is 7.86. The second-order valence-corrected chi connectivity index (χ2v) is 5.42. The van der Waals surface area contributed by atoms with Gasteiger partial charge < -0.3 is 5.11 Å². The molecule has 17 heavy (non-hydrogen) atoms. The molecule has 0 aromatic carbocycles. The third kappa shape index (κ3) is 7.94. The van der Waals surface area contributed by atoms with Gasteiger partial charge in [-0.05, 0) is 18.3 Å². The average Bonchev–Trinajstić information content (AvgIpc) is 2.16. The Kier molecular flexibility index (Phi) is 7.85. The van der Waals surface area contributed by atoms with Crippen LogP contribution in [0, 0.1) is 17.8 Å². The number of rotatable bonds is 9. The minimum Gasteiger partial charge on any atom is -0.481 e. The van der Waals surface area contributed by atoms with Gasteiger partial charge in [0.25, 0.3) is 0 Å². The summed E-state index contributed by atoms with van der Waals surface area (Å²) in [4.78, 5) is 22.3. The zero-order chi connectivity index (χ0) is 13.4. The standard InChI is InChI=1S/C14H26O3/c1-5-6-10(2)7-11(3)8-13(15)9-12(4)14(16)17/h10-12H,5-9H2,1-4H3,(H,16,17). The summed E-state index contributed by atoms with van der Waals surface area (Å²) in [6.07, 6.45) is 4.12. The highest BCUT2D eigenvalue weighted by molar-refractivity contribution is 5.83. The van der Waals surface area contributed by atoms with E-state index < -0.39 is 11.9 Å². The molecular weight excluding hydrogens is 216 g/mol. The van der Waals surface area contributed by atoms with Crippen LogP contribution in [0.5, 0.6) is 0 Å². The summed E-state index contributed by atoms with van der Waals surface area (Å²) in [5.74, 6) is -0.339. The van der Waals surface area contributed by atoms with Crippen LogP contribution in [0.15, 0.2) is 0 Å². The second kappa shape index (κ2) is 8.26. The quantitative estimate of drug-likeness (QED) is 0.673. The Bertz CT molecular complexity index is 248. The van der Waals surface area contributed by atoms with E-state index in [0.29, 0.717) is 18.3 Å². The van der Waals surface area contributed by atoms with Gasteiger partial charge in [0.15, 0.2) is 0 Å². The molecule has 3 unspecified atom stereocenters. The van der Waals surface area contributed by atoms with Crippen LogP contribution in [0.4, 0.5) is 0 Å². The van der Waals surface area contributed by atoms with Crippen LogP contribution in [0.3, 0.4) is 0 Å². The van der Waals surface area contributed by atoms with Gasteiger partial charge in [0.1, 0.15) is 5.78 Å². The van der Waals surface area contributed by atoms with Crippen LogP contribution in [-0.4, -0.2) is 16.9 Å². The van der Waals surface area contributed by atoms with Crippen molar-refractivity contribution in [1.29, 1.82) is 0 Å². The molecule has 0 saturated heterocycles. The van der Waals surface area contributed by atoms with Crippen molar-refractivity contribution in [3.63, 3.8) is 0 Å². The highest BCUT2D eigenvalue weighted by Gasteiger charge is 2.18. The van der Waals surface area contributed by atoms with Crippen molar-refractivity contribution >= 4 is 11.8 Å². The molecule has 0 aromatic heterocycles. The molecule has 3 atom stereocenters. The molecule has 100 valence electrons. The molecule has 0 radical (unpaired) electrons. The normalized spacial score (nSPS) is 16.2. The van der Waals surface area contributed by atoms with Gasteiger partial charge >= 0.3 is 5.97 Å². The molecular formula is C14H26O3. The van der Waals surface area contributed by atoms with Gasteiger partial charge in [-0.25, -0.2) is 0 Å². The van der Waals surface area contributed by atoms with Gasteiger partial charge in [-0.15, -0.1) is 0 Å². The van der Waals surface area contributed by atoms with E-state index in [1.54, 1.807) is 6.92 Å². The molecule has 3 heteroatoms. The maximum Gasteiger partial charge on any atom is 0.306 e. The van der Waals surface area contributed by atoms with Crippen molar-refractivity contribution in [2.45, 2.75) is 59.8 Å². The van der Waals surface area contributed by atoms with Crippen molar-refractivity contribution < 1.29 is 14.7 Å². The van der Waals surface area contributed by atoms with Crippen molar-refractivity contribution in [2.24, 2.45) is 17.8 Å². The summed E-state index contributed by atoms with van der Waals surface area (Å²) in [5, 5.41) is 8.73. The van der Waals surface area contributed by atoms with Gasteiger partial charge in [0.2, 0.25) is 0 Å². The first-order valence-electron chi connectivity index (χ1n) is 6.61. The number of Topliss-reactive ketones (excluding diaryl/α,β-unsaturated/α-hetero) is 1. The summed E-state index contributed by atoms with van der Waals surface area (Å²) in [6, 6.07) is 0. The Morgan fingerprint density at radius 3 is 2.12 bits per heavy atom. The van der Waals surface area contributed by atoms with Crippen LogP contribution in [0.2, 0.25) is 0 Å². The van der Waals surface area contributed by atoms with E-state index in [1.807, 2.05) is 0 Å². The van der Waals surface area contributed by atoms with E-state index in [-0.39, 0.29) is 12.2 Å². The minimum atomic E-state index is -0.884. The van der Waals surface area contributed by atoms with Crippen molar-refractivity contribution in [3.8, 4) is 0 Å². The second-order valence-electron chi connectivity index (χ2n) is 5.42. The fraction of sp³-hybridized carbons (Fsp3) is 0.857. The number of carbonyl (C=O) groups excluding carboxylic acids is 1. The lowest BCUT2D eigenvalue weighted by molar-refractivity contribution is -0.143. The molecule has 0 aliphatic rings. The number of hydrogen-bond donors (Lipinski definition) is 1. The zero-order valence-electron chi connectivity index (χ0n) is 11.5. The Balaban J connectivity index is 3.91. The molecule has 0 bridgehead atoms. The Labute approximate surface area is 105 Å². The third-order valence-electron chi connectivity index (χ3n) is 3.12. The number of carboxylic acid groups (broad SMARTS) is 1. The zero-order valence-corrected chi connectivity index (χ0v) is 11.5. The highest BCUT2D eigenvalue weighted by atomic mass is 16.4. The lowest BCUT2D eigenvalue weighted by atomic mass is 9.89. The van der Waals surface area contributed by atoms with E-state index in [4.69, 9.17) is 5.11 Å². The average molecular weight is 242 g/mol. The summed E-state index contributed by atoms with van der Waals surface area (Å²) >= 11 is 0. The lowest BCUT2D eigenvalue weighted by Crippen LogP contribution is -2.17. The Hall–Kier alpha value is -0.860. The van der Waals surface area contributed by atoms with Crippen LogP contribution >= 0.6 is 0 Å². The van der Waals surface area contributed by atoms with Crippen LogP contribution in [0.1, 0.15) is 59.8 Å². The van der Waals surface area contributed by atoms with Crippen LogP contribution in [0.25, 0.3) is 0 Å². The highest BCUT2D eigenvalue weighted by Crippen LogP contribution is 2.20. The first-order valence-corrected chi connectivity index (χ1v) is 6.61. The predicted octanol–water partition coefficient (Wildman–Crippen LogP) is 3.52. The van der Waals surface area contributed by atoms with Gasteiger partial charge in [-0.1, -0.05) is 40.5 Å². The molecule has 0 heterocycles. The summed E-state index contributed by atoms with van der Waals surface area (Å²) < 4.78 is 0. The fourth-order valence-electron chi connectivity index (χ4n) is 2.28. The molecule has 0 aliphatic carbocycles. The van der Waals surface area contributed by atoms with Gasteiger partial charge in [0.05, 0.1) is 5.92 Å². The monoisotopic (exact) mass is 242 g/mol. The molecule has 0 amide bonds. The molecule has 1 N–H and O–H groups in total. The van der Waals surface area contributed by atoms with E-state index in [1.165, 1.54) is 12.8 Å². The molecule has 0 rings (SSSR count). The summed E-state index contributed by atoms with van der Waals surface area (Å²) in [6.45, 7) is 8.05. The van der Waals surface area contributed by atoms with Crippen molar-refractivity contribution in [1.82, 2.24) is 0 Å². The predicted molar refractivity (Wildman–Crippen MR) is 68.9 cm³/mol. The third-order valence-corrected chi connectivity index (χ3v) is 3.12. The van der Waals surface area contributed by atoms with Gasteiger partial charge in [-0.2, -0.15) is 0 Å². The summed E-state index contributed by atoms with van der Waals surface area (Å²) in [7, 11) is 0. The molecule has 3 nitrogen and oxygen atoms in total. The smallest absolute Gasteiger partial charge is 0.306 e. The maximum absolute atomic E-state index is 11.6. The topological polar surface area (TPSA) is 54.4 Å². The number of ketones is 1. The number of aliphatic carboxylic acids is 1. The molecule has 0 aromatic rings. The van der Waals surface area contributed by atoms with Gasteiger partial charge in [-0.3, -0.25) is 9.59 Å². The molecule has 0 fully saturated rings. The minimum absolute atomic E-state index is 0.0797. The van der Waals surface area contributed by atoms with E-state index in [2.05, 4.69) is 20.8 Å². The fourth-order valence-corrected chi connectivity index (χ4v) is 2.28. The number of hydrogen-bond acceptors (Lipinski definition) is 2.